The smallest absolute Gasteiger partial charge is 0.444 e. The molecule has 2 saturated heterocycles. The standard InChI is InChI=1S/C27H46BN5O5/c1-18(2)21(31-24(35)36-25(3,4)5)22(34)33-13-11-12-19(17-33)16-32(10)23-29-14-20(15-30-23)28-37-26(6,7)27(8,9)38-28/h14-15,18-19,21H,11-13,16-17H2,1-10H3,(H,31,35). The van der Waals surface area contributed by atoms with Crippen molar-refractivity contribution in [2.24, 2.45) is 11.8 Å². The lowest BCUT2D eigenvalue weighted by molar-refractivity contribution is -0.136. The Kier molecular flexibility index (Phi) is 9.03. The van der Waals surface area contributed by atoms with Crippen LogP contribution in [0.1, 0.15) is 75.2 Å². The minimum Gasteiger partial charge on any atom is -0.444 e. The van der Waals surface area contributed by atoms with Gasteiger partial charge in [0.25, 0.3) is 0 Å². The van der Waals surface area contributed by atoms with Crippen LogP contribution in [0.25, 0.3) is 0 Å². The van der Waals surface area contributed by atoms with Gasteiger partial charge in [-0.2, -0.15) is 0 Å². The van der Waals surface area contributed by atoms with E-state index < -0.39 is 36.1 Å². The number of anilines is 1. The first-order chi connectivity index (χ1) is 17.5. The quantitative estimate of drug-likeness (QED) is 0.536. The van der Waals surface area contributed by atoms with E-state index in [9.17, 15) is 9.59 Å². The van der Waals surface area contributed by atoms with E-state index in [0.717, 1.165) is 18.3 Å². The number of rotatable bonds is 7. The zero-order chi connectivity index (χ0) is 28.5. The number of aromatic nitrogens is 2. The van der Waals surface area contributed by atoms with E-state index in [-0.39, 0.29) is 17.7 Å². The summed E-state index contributed by atoms with van der Waals surface area (Å²) in [4.78, 5) is 38.8. The Morgan fingerprint density at radius 2 is 1.76 bits per heavy atom. The summed E-state index contributed by atoms with van der Waals surface area (Å²) in [6, 6.07) is -0.632. The van der Waals surface area contributed by atoms with Gasteiger partial charge in [-0.15, -0.1) is 0 Å². The molecular formula is C27H46BN5O5. The first kappa shape index (κ1) is 30.2. The predicted octanol–water partition coefficient (Wildman–Crippen LogP) is 3.00. The number of likely N-dealkylation sites (tertiary alicyclic amines) is 1. The monoisotopic (exact) mass is 531 g/mol. The fourth-order valence-corrected chi connectivity index (χ4v) is 4.66. The van der Waals surface area contributed by atoms with Crippen LogP contribution in [-0.4, -0.2) is 83.5 Å². The van der Waals surface area contributed by atoms with E-state index in [2.05, 4.69) is 15.3 Å². The van der Waals surface area contributed by atoms with Gasteiger partial charge in [0.05, 0.1) is 11.2 Å². The number of ether oxygens (including phenoxy) is 1. The summed E-state index contributed by atoms with van der Waals surface area (Å²) in [5, 5.41) is 2.79. The molecular weight excluding hydrogens is 485 g/mol. The van der Waals surface area contributed by atoms with Gasteiger partial charge < -0.3 is 29.2 Å². The lowest BCUT2D eigenvalue weighted by atomic mass is 9.81. The van der Waals surface area contributed by atoms with Crippen LogP contribution in [-0.2, 0) is 18.8 Å². The molecule has 0 spiro atoms. The molecule has 1 N–H and O–H groups in total. The maximum absolute atomic E-state index is 13.4. The van der Waals surface area contributed by atoms with Gasteiger partial charge in [0, 0.05) is 44.5 Å². The molecule has 0 aliphatic carbocycles. The van der Waals surface area contributed by atoms with Crippen LogP contribution in [0.3, 0.4) is 0 Å². The summed E-state index contributed by atoms with van der Waals surface area (Å²) in [6.45, 7) is 19.4. The number of piperidine rings is 1. The molecule has 10 nitrogen and oxygen atoms in total. The van der Waals surface area contributed by atoms with Crippen molar-refractivity contribution in [3.8, 4) is 0 Å². The summed E-state index contributed by atoms with van der Waals surface area (Å²) in [5.74, 6) is 0.744. The molecule has 3 heterocycles. The van der Waals surface area contributed by atoms with Crippen LogP contribution >= 0.6 is 0 Å². The highest BCUT2D eigenvalue weighted by Crippen LogP contribution is 2.36. The molecule has 38 heavy (non-hydrogen) atoms. The summed E-state index contributed by atoms with van der Waals surface area (Å²) >= 11 is 0. The van der Waals surface area contributed by atoms with Crippen molar-refractivity contribution in [1.29, 1.82) is 0 Å². The Morgan fingerprint density at radius 1 is 1.18 bits per heavy atom. The number of carbonyl (C=O) groups is 2. The highest BCUT2D eigenvalue weighted by molar-refractivity contribution is 6.61. The summed E-state index contributed by atoms with van der Waals surface area (Å²) in [6.07, 6.45) is 4.86. The highest BCUT2D eigenvalue weighted by atomic mass is 16.7. The van der Waals surface area contributed by atoms with Gasteiger partial charge in [0.2, 0.25) is 11.9 Å². The predicted molar refractivity (Wildman–Crippen MR) is 148 cm³/mol. The Bertz CT molecular complexity index is 963. The van der Waals surface area contributed by atoms with E-state index >= 15 is 0 Å². The molecule has 212 valence electrons. The average molecular weight is 532 g/mol. The zero-order valence-corrected chi connectivity index (χ0v) is 24.8. The molecule has 2 unspecified atom stereocenters. The number of hydrogen-bond donors (Lipinski definition) is 1. The molecule has 0 aromatic carbocycles. The lowest BCUT2D eigenvalue weighted by Gasteiger charge is -2.37. The SMILES string of the molecule is CC(C)C(NC(=O)OC(C)(C)C)C(=O)N1CCCC(CN(C)c2ncc(B3OC(C)(C)C(C)(C)O3)cn2)C1. The topological polar surface area (TPSA) is 106 Å². The van der Waals surface area contributed by atoms with Gasteiger partial charge >= 0.3 is 13.2 Å². The van der Waals surface area contributed by atoms with Crippen molar-refractivity contribution in [1.82, 2.24) is 20.2 Å². The first-order valence-electron chi connectivity index (χ1n) is 13.7. The van der Waals surface area contributed by atoms with Gasteiger partial charge in [-0.1, -0.05) is 13.8 Å². The maximum Gasteiger partial charge on any atom is 0.498 e. The number of carbonyl (C=O) groups excluding carboxylic acids is 2. The number of nitrogens with zero attached hydrogens (tertiary/aromatic N) is 4. The van der Waals surface area contributed by atoms with E-state index in [1.165, 1.54) is 0 Å². The van der Waals surface area contributed by atoms with Crippen LogP contribution in [0.15, 0.2) is 12.4 Å². The number of alkyl carbamates (subject to hydrolysis) is 1. The van der Waals surface area contributed by atoms with E-state index in [1.54, 1.807) is 33.2 Å². The summed E-state index contributed by atoms with van der Waals surface area (Å²) < 4.78 is 17.6. The second-order valence-corrected chi connectivity index (χ2v) is 12.9. The minimum absolute atomic E-state index is 0.0611. The Morgan fingerprint density at radius 3 is 2.29 bits per heavy atom. The lowest BCUT2D eigenvalue weighted by Crippen LogP contribution is -2.54. The Hall–Kier alpha value is -2.40. The maximum atomic E-state index is 13.4. The molecule has 2 fully saturated rings. The molecule has 0 bridgehead atoms. The molecule has 2 atom stereocenters. The molecule has 2 aliphatic rings. The Balaban J connectivity index is 1.58. The highest BCUT2D eigenvalue weighted by Gasteiger charge is 2.52. The van der Waals surface area contributed by atoms with Crippen LogP contribution in [0, 0.1) is 11.8 Å². The van der Waals surface area contributed by atoms with Crippen LogP contribution in [0.2, 0.25) is 0 Å². The largest absolute Gasteiger partial charge is 0.498 e. The van der Waals surface area contributed by atoms with Crippen molar-refractivity contribution in [3.05, 3.63) is 12.4 Å². The summed E-state index contributed by atoms with van der Waals surface area (Å²) in [7, 11) is 1.46. The number of hydrogen-bond acceptors (Lipinski definition) is 8. The van der Waals surface area contributed by atoms with E-state index in [1.807, 2.05) is 58.4 Å². The normalized spacial score (nSPS) is 21.8. The molecule has 1 aromatic rings. The van der Waals surface area contributed by atoms with Crippen molar-refractivity contribution < 1.29 is 23.6 Å². The third kappa shape index (κ3) is 7.37. The van der Waals surface area contributed by atoms with Crippen LogP contribution in [0.5, 0.6) is 0 Å². The van der Waals surface area contributed by atoms with E-state index in [4.69, 9.17) is 14.0 Å². The molecule has 2 aliphatic heterocycles. The molecule has 0 radical (unpaired) electrons. The third-order valence-electron chi connectivity index (χ3n) is 7.49. The second kappa shape index (κ2) is 11.4. The van der Waals surface area contributed by atoms with Gasteiger partial charge in [0.15, 0.2) is 0 Å². The average Bonchev–Trinajstić information content (AvgIpc) is 3.02. The van der Waals surface area contributed by atoms with Crippen LogP contribution < -0.4 is 15.7 Å². The van der Waals surface area contributed by atoms with Gasteiger partial charge in [-0.25, -0.2) is 14.8 Å². The molecule has 0 saturated carbocycles. The molecule has 1 aromatic heterocycles. The van der Waals surface area contributed by atoms with Gasteiger partial charge in [-0.05, 0) is 73.1 Å². The van der Waals surface area contributed by atoms with E-state index in [0.29, 0.717) is 25.6 Å². The van der Waals surface area contributed by atoms with Gasteiger partial charge in [-0.3, -0.25) is 4.79 Å². The fraction of sp³-hybridized carbons (Fsp3) is 0.778. The van der Waals surface area contributed by atoms with Crippen molar-refractivity contribution >= 4 is 30.5 Å². The third-order valence-corrected chi connectivity index (χ3v) is 7.49. The fourth-order valence-electron chi connectivity index (χ4n) is 4.66. The number of nitrogens with one attached hydrogen (secondary N) is 1. The van der Waals surface area contributed by atoms with Crippen molar-refractivity contribution in [3.63, 3.8) is 0 Å². The van der Waals surface area contributed by atoms with Crippen LogP contribution in [0.4, 0.5) is 10.7 Å². The van der Waals surface area contributed by atoms with Crippen molar-refractivity contribution in [2.45, 2.75) is 98.0 Å². The minimum atomic E-state index is -0.632. The molecule has 2 amide bonds. The molecule has 3 rings (SSSR count). The van der Waals surface area contributed by atoms with Gasteiger partial charge in [0.1, 0.15) is 11.6 Å². The zero-order valence-electron chi connectivity index (χ0n) is 24.8. The number of amides is 2. The first-order valence-corrected chi connectivity index (χ1v) is 13.7. The van der Waals surface area contributed by atoms with Crippen molar-refractivity contribution in [2.75, 3.05) is 31.6 Å². The second-order valence-electron chi connectivity index (χ2n) is 12.9. The molecule has 11 heteroatoms. The summed E-state index contributed by atoms with van der Waals surface area (Å²) in [5.41, 5.74) is -0.685. The Labute approximate surface area is 228 Å².